The van der Waals surface area contributed by atoms with Gasteiger partial charge in [-0.25, -0.2) is 0 Å². The summed E-state index contributed by atoms with van der Waals surface area (Å²) in [4.78, 5) is 26.8. The van der Waals surface area contributed by atoms with E-state index in [0.717, 1.165) is 6.42 Å². The Morgan fingerprint density at radius 2 is 1.96 bits per heavy atom. The van der Waals surface area contributed by atoms with Crippen LogP contribution >= 0.6 is 0 Å². The molecule has 138 valence electrons. The number of likely N-dealkylation sites (tertiary alicyclic amines) is 1. The fourth-order valence-corrected chi connectivity index (χ4v) is 4.13. The third-order valence-electron chi connectivity index (χ3n) is 5.21. The molecule has 0 aromatic heterocycles. The summed E-state index contributed by atoms with van der Waals surface area (Å²) >= 11 is 0. The molecule has 2 N–H and O–H groups in total. The molecule has 25 heavy (non-hydrogen) atoms. The number of carboxylic acid groups (broad SMARTS) is 1. The van der Waals surface area contributed by atoms with Crippen LogP contribution in [0.2, 0.25) is 0 Å². The minimum absolute atomic E-state index is 0.0574. The van der Waals surface area contributed by atoms with E-state index in [-0.39, 0.29) is 24.9 Å². The van der Waals surface area contributed by atoms with Crippen LogP contribution < -0.4 is 0 Å². The quantitative estimate of drug-likeness (QED) is 0.720. The highest BCUT2D eigenvalue weighted by Crippen LogP contribution is 2.46. The number of carboxylic acids is 1. The summed E-state index contributed by atoms with van der Waals surface area (Å²) in [6.07, 6.45) is 1.99. The van der Waals surface area contributed by atoms with Gasteiger partial charge in [-0.3, -0.25) is 9.59 Å². The second-order valence-corrected chi connectivity index (χ2v) is 7.44. The van der Waals surface area contributed by atoms with Crippen molar-refractivity contribution in [1.29, 1.82) is 0 Å². The van der Waals surface area contributed by atoms with Gasteiger partial charge < -0.3 is 15.1 Å². The van der Waals surface area contributed by atoms with E-state index in [1.807, 2.05) is 49.1 Å². The molecule has 2 rings (SSSR count). The highest BCUT2D eigenvalue weighted by molar-refractivity contribution is 5.90. The Balaban J connectivity index is 2.17. The standard InChI is InChI=1S/C20H29NO4/c1-15(2)14-20(17(9-13-22)18(23)24)10-12-21(19(20)25)11-8-16-6-4-3-5-7-16/h3-7,15,17,22H,8-14H2,1-2H3,(H,23,24). The second kappa shape index (κ2) is 8.48. The Hall–Kier alpha value is -1.88. The molecule has 0 saturated carbocycles. The molecule has 1 saturated heterocycles. The van der Waals surface area contributed by atoms with Gasteiger partial charge in [0.05, 0.1) is 11.3 Å². The summed E-state index contributed by atoms with van der Waals surface area (Å²) in [7, 11) is 0. The van der Waals surface area contributed by atoms with Crippen molar-refractivity contribution < 1.29 is 19.8 Å². The first kappa shape index (κ1) is 19.4. The molecule has 1 aliphatic rings. The Morgan fingerprint density at radius 1 is 1.28 bits per heavy atom. The number of aliphatic carboxylic acids is 1. The maximum absolute atomic E-state index is 13.2. The van der Waals surface area contributed by atoms with Gasteiger partial charge in [0.25, 0.3) is 0 Å². The average molecular weight is 347 g/mol. The normalized spacial score (nSPS) is 21.8. The lowest BCUT2D eigenvalue weighted by molar-refractivity contribution is -0.155. The molecule has 0 aliphatic carbocycles. The van der Waals surface area contributed by atoms with Crippen molar-refractivity contribution in [3.05, 3.63) is 35.9 Å². The SMILES string of the molecule is CC(C)CC1(C(CCO)C(=O)O)CCN(CCc2ccccc2)C1=O. The van der Waals surface area contributed by atoms with Crippen LogP contribution in [-0.2, 0) is 16.0 Å². The van der Waals surface area contributed by atoms with E-state index in [2.05, 4.69) is 0 Å². The molecule has 1 aromatic carbocycles. The maximum atomic E-state index is 13.2. The second-order valence-electron chi connectivity index (χ2n) is 7.44. The number of carbonyl (C=O) groups is 2. The van der Waals surface area contributed by atoms with Crippen molar-refractivity contribution in [1.82, 2.24) is 4.90 Å². The highest BCUT2D eigenvalue weighted by atomic mass is 16.4. The van der Waals surface area contributed by atoms with E-state index in [0.29, 0.717) is 25.9 Å². The van der Waals surface area contributed by atoms with Gasteiger partial charge in [-0.1, -0.05) is 44.2 Å². The summed E-state index contributed by atoms with van der Waals surface area (Å²) < 4.78 is 0. The Labute approximate surface area is 149 Å². The van der Waals surface area contributed by atoms with Crippen LogP contribution in [0, 0.1) is 17.3 Å². The minimum Gasteiger partial charge on any atom is -0.481 e. The Morgan fingerprint density at radius 3 is 2.52 bits per heavy atom. The third-order valence-corrected chi connectivity index (χ3v) is 5.21. The molecule has 1 aromatic rings. The molecule has 2 unspecified atom stereocenters. The van der Waals surface area contributed by atoms with E-state index in [4.69, 9.17) is 0 Å². The first-order valence-corrected chi connectivity index (χ1v) is 9.07. The van der Waals surface area contributed by atoms with Crippen LogP contribution in [0.5, 0.6) is 0 Å². The lowest BCUT2D eigenvalue weighted by Gasteiger charge is -2.35. The third kappa shape index (κ3) is 4.40. The predicted octanol–water partition coefficient (Wildman–Crippen LogP) is 2.58. The van der Waals surface area contributed by atoms with Crippen LogP contribution in [0.1, 0.15) is 38.7 Å². The van der Waals surface area contributed by atoms with E-state index < -0.39 is 17.3 Å². The lowest BCUT2D eigenvalue weighted by Crippen LogP contribution is -2.45. The van der Waals surface area contributed by atoms with Gasteiger partial charge >= 0.3 is 5.97 Å². The molecule has 1 fully saturated rings. The largest absolute Gasteiger partial charge is 0.481 e. The van der Waals surface area contributed by atoms with E-state index in [1.54, 1.807) is 0 Å². The van der Waals surface area contributed by atoms with E-state index >= 15 is 0 Å². The van der Waals surface area contributed by atoms with Crippen molar-refractivity contribution in [2.24, 2.45) is 17.3 Å². The number of rotatable bonds is 9. The van der Waals surface area contributed by atoms with Crippen molar-refractivity contribution in [3.63, 3.8) is 0 Å². The predicted molar refractivity (Wildman–Crippen MR) is 96.1 cm³/mol. The van der Waals surface area contributed by atoms with Crippen molar-refractivity contribution >= 4 is 11.9 Å². The molecule has 0 bridgehead atoms. The maximum Gasteiger partial charge on any atom is 0.307 e. The molecular weight excluding hydrogens is 318 g/mol. The molecule has 0 radical (unpaired) electrons. The van der Waals surface area contributed by atoms with E-state index in [1.165, 1.54) is 5.56 Å². The smallest absolute Gasteiger partial charge is 0.307 e. The summed E-state index contributed by atoms with van der Waals surface area (Å²) in [6, 6.07) is 9.99. The summed E-state index contributed by atoms with van der Waals surface area (Å²) in [5.74, 6) is -1.64. The number of aliphatic hydroxyl groups excluding tert-OH is 1. The van der Waals surface area contributed by atoms with Crippen LogP contribution in [-0.4, -0.2) is 46.7 Å². The number of aliphatic hydroxyl groups is 1. The molecule has 5 nitrogen and oxygen atoms in total. The highest BCUT2D eigenvalue weighted by Gasteiger charge is 2.54. The van der Waals surface area contributed by atoms with Crippen molar-refractivity contribution in [2.75, 3.05) is 19.7 Å². The van der Waals surface area contributed by atoms with Crippen LogP contribution in [0.3, 0.4) is 0 Å². The molecule has 1 aliphatic heterocycles. The number of amides is 1. The first-order chi connectivity index (χ1) is 11.9. The zero-order chi connectivity index (χ0) is 18.4. The molecular formula is C20H29NO4. The van der Waals surface area contributed by atoms with Gasteiger partial charge in [0.1, 0.15) is 0 Å². The number of benzene rings is 1. The van der Waals surface area contributed by atoms with Crippen molar-refractivity contribution in [2.45, 2.75) is 39.5 Å². The van der Waals surface area contributed by atoms with Crippen LogP contribution in [0.15, 0.2) is 30.3 Å². The number of hydrogen-bond donors (Lipinski definition) is 2. The molecule has 0 spiro atoms. The zero-order valence-corrected chi connectivity index (χ0v) is 15.1. The zero-order valence-electron chi connectivity index (χ0n) is 15.1. The summed E-state index contributed by atoms with van der Waals surface area (Å²) in [5.41, 5.74) is 0.279. The summed E-state index contributed by atoms with van der Waals surface area (Å²) in [6.45, 7) is 5.01. The van der Waals surface area contributed by atoms with Crippen molar-refractivity contribution in [3.8, 4) is 0 Å². The molecule has 1 amide bonds. The number of hydrogen-bond acceptors (Lipinski definition) is 3. The van der Waals surface area contributed by atoms with Crippen LogP contribution in [0.4, 0.5) is 0 Å². The lowest BCUT2D eigenvalue weighted by atomic mass is 9.67. The molecule has 1 heterocycles. The van der Waals surface area contributed by atoms with Gasteiger partial charge in [-0.15, -0.1) is 0 Å². The Kier molecular flexibility index (Phi) is 6.59. The van der Waals surface area contributed by atoms with Gasteiger partial charge in [0.2, 0.25) is 5.91 Å². The first-order valence-electron chi connectivity index (χ1n) is 9.07. The van der Waals surface area contributed by atoms with Gasteiger partial charge in [-0.05, 0) is 37.2 Å². The van der Waals surface area contributed by atoms with Gasteiger partial charge in [0, 0.05) is 19.7 Å². The molecule has 5 heteroatoms. The fraction of sp³-hybridized carbons (Fsp3) is 0.600. The van der Waals surface area contributed by atoms with Gasteiger partial charge in [-0.2, -0.15) is 0 Å². The topological polar surface area (TPSA) is 77.8 Å². The molecule has 2 atom stereocenters. The minimum atomic E-state index is -0.979. The fourth-order valence-electron chi connectivity index (χ4n) is 4.13. The van der Waals surface area contributed by atoms with E-state index in [9.17, 15) is 19.8 Å². The summed E-state index contributed by atoms with van der Waals surface area (Å²) in [5, 5.41) is 19.0. The number of carbonyl (C=O) groups excluding carboxylic acids is 1. The Bertz CT molecular complexity index is 587. The number of nitrogens with zero attached hydrogens (tertiary/aromatic N) is 1. The van der Waals surface area contributed by atoms with Crippen LogP contribution in [0.25, 0.3) is 0 Å². The monoisotopic (exact) mass is 347 g/mol. The van der Waals surface area contributed by atoms with Gasteiger partial charge in [0.15, 0.2) is 0 Å². The average Bonchev–Trinajstić information content (AvgIpc) is 2.87.